The van der Waals surface area contributed by atoms with Crippen molar-refractivity contribution >= 4 is 0 Å². The zero-order valence-electron chi connectivity index (χ0n) is 8.43. The minimum atomic E-state index is 0.219. The van der Waals surface area contributed by atoms with Crippen LogP contribution in [0.15, 0.2) is 6.20 Å². The molecule has 0 bridgehead atoms. The highest BCUT2D eigenvalue weighted by molar-refractivity contribution is 4.95. The molecule has 1 aliphatic rings. The lowest BCUT2D eigenvalue weighted by molar-refractivity contribution is 0.182. The maximum Gasteiger partial charge on any atom is 0.0967 e. The predicted octanol–water partition coefficient (Wildman–Crippen LogP) is -0.228. The fraction of sp³-hybridized carbons (Fsp3) is 0.778. The Kier molecular flexibility index (Phi) is 2.79. The molecular weight excluding hydrogens is 180 g/mol. The third-order valence-electron chi connectivity index (χ3n) is 2.47. The van der Waals surface area contributed by atoms with Crippen LogP contribution >= 0.6 is 0 Å². The molecule has 1 aromatic heterocycles. The first-order valence-electron chi connectivity index (χ1n) is 4.99. The number of aliphatic hydroxyl groups is 1. The van der Waals surface area contributed by atoms with E-state index >= 15 is 0 Å². The summed E-state index contributed by atoms with van der Waals surface area (Å²) in [6, 6.07) is 0.657. The smallest absolute Gasteiger partial charge is 0.0967 e. The first-order chi connectivity index (χ1) is 6.79. The molecule has 0 saturated heterocycles. The molecule has 0 aromatic carbocycles. The van der Waals surface area contributed by atoms with Crippen molar-refractivity contribution in [2.75, 3.05) is 13.2 Å². The Bertz CT molecular complexity index is 295. The van der Waals surface area contributed by atoms with Crippen molar-refractivity contribution in [2.24, 2.45) is 7.05 Å². The van der Waals surface area contributed by atoms with Crippen LogP contribution in [0.2, 0.25) is 0 Å². The summed E-state index contributed by atoms with van der Waals surface area (Å²) in [5.41, 5.74) is 0.979. The molecule has 1 fully saturated rings. The molecule has 5 nitrogen and oxygen atoms in total. The van der Waals surface area contributed by atoms with Crippen molar-refractivity contribution in [2.45, 2.75) is 25.4 Å². The molecule has 0 aliphatic heterocycles. The highest BCUT2D eigenvalue weighted by Crippen LogP contribution is 2.27. The Hall–Kier alpha value is -0.940. The SMILES string of the molecule is Cn1cc(CN(CCO)C2CC2)nn1. The third-order valence-corrected chi connectivity index (χ3v) is 2.47. The minimum absolute atomic E-state index is 0.219. The summed E-state index contributed by atoms with van der Waals surface area (Å²) in [7, 11) is 1.87. The number of rotatable bonds is 5. The Balaban J connectivity index is 1.92. The predicted molar refractivity (Wildman–Crippen MR) is 51.5 cm³/mol. The minimum Gasteiger partial charge on any atom is -0.395 e. The zero-order valence-corrected chi connectivity index (χ0v) is 8.43. The summed E-state index contributed by atoms with van der Waals surface area (Å²) in [6.45, 7) is 1.76. The topological polar surface area (TPSA) is 54.2 Å². The quantitative estimate of drug-likeness (QED) is 0.707. The van der Waals surface area contributed by atoms with Crippen LogP contribution in [-0.2, 0) is 13.6 Å². The lowest BCUT2D eigenvalue weighted by Crippen LogP contribution is -2.28. The molecule has 1 aromatic rings. The van der Waals surface area contributed by atoms with E-state index in [1.165, 1.54) is 12.8 Å². The summed E-state index contributed by atoms with van der Waals surface area (Å²) in [5.74, 6) is 0. The van der Waals surface area contributed by atoms with Crippen molar-refractivity contribution in [3.63, 3.8) is 0 Å². The molecular formula is C9H16N4O. The molecule has 0 radical (unpaired) electrons. The van der Waals surface area contributed by atoms with E-state index in [0.29, 0.717) is 6.04 Å². The Morgan fingerprint density at radius 2 is 2.43 bits per heavy atom. The molecule has 5 heteroatoms. The van der Waals surface area contributed by atoms with Gasteiger partial charge in [0.15, 0.2) is 0 Å². The maximum absolute atomic E-state index is 8.91. The van der Waals surface area contributed by atoms with Gasteiger partial charge in [0, 0.05) is 32.4 Å². The molecule has 0 spiro atoms. The first-order valence-corrected chi connectivity index (χ1v) is 4.99. The maximum atomic E-state index is 8.91. The van der Waals surface area contributed by atoms with E-state index in [1.807, 2.05) is 13.2 Å². The van der Waals surface area contributed by atoms with Crippen molar-refractivity contribution in [1.82, 2.24) is 19.9 Å². The van der Waals surface area contributed by atoms with Crippen LogP contribution in [0.3, 0.4) is 0 Å². The summed E-state index contributed by atoms with van der Waals surface area (Å²) in [4.78, 5) is 2.27. The van der Waals surface area contributed by atoms with Crippen molar-refractivity contribution in [3.05, 3.63) is 11.9 Å². The zero-order chi connectivity index (χ0) is 9.97. The van der Waals surface area contributed by atoms with Gasteiger partial charge in [-0.05, 0) is 12.8 Å². The largest absolute Gasteiger partial charge is 0.395 e. The van der Waals surface area contributed by atoms with Crippen LogP contribution in [0.4, 0.5) is 0 Å². The number of hydrogen-bond donors (Lipinski definition) is 1. The monoisotopic (exact) mass is 196 g/mol. The molecule has 78 valence electrons. The van der Waals surface area contributed by atoms with E-state index in [9.17, 15) is 0 Å². The highest BCUT2D eigenvalue weighted by Gasteiger charge is 2.28. The van der Waals surface area contributed by atoms with Crippen molar-refractivity contribution in [1.29, 1.82) is 0 Å². The van der Waals surface area contributed by atoms with Gasteiger partial charge in [-0.2, -0.15) is 0 Å². The molecule has 14 heavy (non-hydrogen) atoms. The third kappa shape index (κ3) is 2.30. The van der Waals surface area contributed by atoms with E-state index in [0.717, 1.165) is 18.8 Å². The van der Waals surface area contributed by atoms with E-state index in [-0.39, 0.29) is 6.61 Å². The second kappa shape index (κ2) is 4.06. The second-order valence-corrected chi connectivity index (χ2v) is 3.81. The van der Waals surface area contributed by atoms with E-state index in [1.54, 1.807) is 4.68 Å². The normalized spacial score (nSPS) is 16.5. The summed E-state index contributed by atoms with van der Waals surface area (Å²) in [6.07, 6.45) is 4.42. The Morgan fingerprint density at radius 3 is 2.93 bits per heavy atom. The van der Waals surface area contributed by atoms with Crippen molar-refractivity contribution in [3.8, 4) is 0 Å². The van der Waals surface area contributed by atoms with Gasteiger partial charge in [-0.3, -0.25) is 9.58 Å². The molecule has 0 atom stereocenters. The van der Waals surface area contributed by atoms with Crippen molar-refractivity contribution < 1.29 is 5.11 Å². The number of aryl methyl sites for hydroxylation is 1. The number of hydrogen-bond acceptors (Lipinski definition) is 4. The molecule has 1 saturated carbocycles. The number of nitrogens with zero attached hydrogens (tertiary/aromatic N) is 4. The average Bonchev–Trinajstić information content (AvgIpc) is 2.91. The summed E-state index contributed by atoms with van der Waals surface area (Å²) < 4.78 is 1.71. The molecule has 0 amide bonds. The Morgan fingerprint density at radius 1 is 1.64 bits per heavy atom. The molecule has 2 rings (SSSR count). The van der Waals surface area contributed by atoms with Gasteiger partial charge in [-0.1, -0.05) is 5.21 Å². The standard InChI is InChI=1S/C9H16N4O/c1-12-6-8(10-11-12)7-13(4-5-14)9-2-3-9/h6,9,14H,2-5,7H2,1H3. The molecule has 0 unspecified atom stereocenters. The fourth-order valence-corrected chi connectivity index (χ4v) is 1.63. The van der Waals surface area contributed by atoms with Crippen LogP contribution in [0.1, 0.15) is 18.5 Å². The van der Waals surface area contributed by atoms with Gasteiger partial charge in [-0.15, -0.1) is 5.10 Å². The fourth-order valence-electron chi connectivity index (χ4n) is 1.63. The van der Waals surface area contributed by atoms with Gasteiger partial charge in [0.05, 0.1) is 12.3 Å². The van der Waals surface area contributed by atoms with Crippen LogP contribution in [0, 0.1) is 0 Å². The average molecular weight is 196 g/mol. The summed E-state index contributed by atoms with van der Waals surface area (Å²) in [5, 5.41) is 16.8. The van der Waals surface area contributed by atoms with Crippen LogP contribution in [-0.4, -0.2) is 44.2 Å². The van der Waals surface area contributed by atoms with Gasteiger partial charge in [0.1, 0.15) is 0 Å². The van der Waals surface area contributed by atoms with Crippen LogP contribution in [0.25, 0.3) is 0 Å². The van der Waals surface area contributed by atoms with E-state index in [4.69, 9.17) is 5.11 Å². The summed E-state index contributed by atoms with van der Waals surface area (Å²) >= 11 is 0. The van der Waals surface area contributed by atoms with Gasteiger partial charge >= 0.3 is 0 Å². The van der Waals surface area contributed by atoms with Gasteiger partial charge < -0.3 is 5.11 Å². The lowest BCUT2D eigenvalue weighted by Gasteiger charge is -2.18. The van der Waals surface area contributed by atoms with Crippen LogP contribution < -0.4 is 0 Å². The van der Waals surface area contributed by atoms with Gasteiger partial charge in [0.2, 0.25) is 0 Å². The molecule has 1 N–H and O–H groups in total. The van der Waals surface area contributed by atoms with Crippen LogP contribution in [0.5, 0.6) is 0 Å². The number of aliphatic hydroxyl groups excluding tert-OH is 1. The van der Waals surface area contributed by atoms with Gasteiger partial charge in [-0.25, -0.2) is 0 Å². The van der Waals surface area contributed by atoms with E-state index < -0.39 is 0 Å². The van der Waals surface area contributed by atoms with Gasteiger partial charge in [0.25, 0.3) is 0 Å². The molecule has 1 heterocycles. The second-order valence-electron chi connectivity index (χ2n) is 3.81. The van der Waals surface area contributed by atoms with E-state index in [2.05, 4.69) is 15.2 Å². The molecule has 1 aliphatic carbocycles. The highest BCUT2D eigenvalue weighted by atomic mass is 16.3. The first kappa shape index (κ1) is 9.61. The Labute approximate surface area is 83.3 Å². The number of aromatic nitrogens is 3. The lowest BCUT2D eigenvalue weighted by atomic mass is 10.4.